The summed E-state index contributed by atoms with van der Waals surface area (Å²) in [5, 5.41) is 8.49. The summed E-state index contributed by atoms with van der Waals surface area (Å²) in [7, 11) is 0. The second kappa shape index (κ2) is 5.69. The van der Waals surface area contributed by atoms with E-state index in [1.165, 1.54) is 0 Å². The highest BCUT2D eigenvalue weighted by molar-refractivity contribution is 5.80. The van der Waals surface area contributed by atoms with E-state index in [4.69, 9.17) is 11.1 Å². The van der Waals surface area contributed by atoms with Gasteiger partial charge in [0.15, 0.2) is 0 Å². The number of hydrogen-bond donors (Lipinski definition) is 2. The number of rotatable bonds is 5. The Bertz CT molecular complexity index is 577. The van der Waals surface area contributed by atoms with Crippen LogP contribution in [0.5, 0.6) is 0 Å². The molecule has 0 radical (unpaired) electrons. The number of amidine groups is 1. The van der Waals surface area contributed by atoms with Crippen molar-refractivity contribution >= 4 is 22.6 Å². The van der Waals surface area contributed by atoms with Crippen LogP contribution in [0.3, 0.4) is 0 Å². The van der Waals surface area contributed by atoms with Gasteiger partial charge in [-0.1, -0.05) is 18.2 Å². The summed E-state index contributed by atoms with van der Waals surface area (Å²) in [6.07, 6.45) is 0.562. The van der Waals surface area contributed by atoms with Gasteiger partial charge >= 0.3 is 0 Å². The third kappa shape index (κ3) is 3.22. The molecular formula is C15H20N4. The minimum Gasteiger partial charge on any atom is -0.388 e. The predicted octanol–water partition coefficient (Wildman–Crippen LogP) is 2.78. The maximum Gasteiger partial charge on any atom is 0.129 e. The molecule has 100 valence electrons. The third-order valence-electron chi connectivity index (χ3n) is 3.12. The van der Waals surface area contributed by atoms with E-state index in [0.717, 1.165) is 23.3 Å². The van der Waals surface area contributed by atoms with E-state index in [0.29, 0.717) is 12.5 Å². The molecule has 2 rings (SSSR count). The molecule has 1 aromatic carbocycles. The van der Waals surface area contributed by atoms with Crippen molar-refractivity contribution in [1.29, 1.82) is 5.41 Å². The van der Waals surface area contributed by atoms with Gasteiger partial charge in [-0.25, -0.2) is 4.98 Å². The van der Waals surface area contributed by atoms with Crippen molar-refractivity contribution in [3.63, 3.8) is 0 Å². The van der Waals surface area contributed by atoms with Crippen molar-refractivity contribution in [2.24, 2.45) is 5.73 Å². The normalized spacial score (nSPS) is 10.9. The minimum absolute atomic E-state index is 0.214. The van der Waals surface area contributed by atoms with Crippen LogP contribution in [0.2, 0.25) is 0 Å². The summed E-state index contributed by atoms with van der Waals surface area (Å²) in [4.78, 5) is 6.86. The zero-order valence-corrected chi connectivity index (χ0v) is 11.4. The van der Waals surface area contributed by atoms with Crippen molar-refractivity contribution in [3.05, 3.63) is 36.4 Å². The molecule has 0 aliphatic heterocycles. The van der Waals surface area contributed by atoms with E-state index in [-0.39, 0.29) is 5.84 Å². The number of pyridine rings is 1. The van der Waals surface area contributed by atoms with Gasteiger partial charge in [0.1, 0.15) is 5.82 Å². The highest BCUT2D eigenvalue weighted by Crippen LogP contribution is 2.19. The Morgan fingerprint density at radius 2 is 2.00 bits per heavy atom. The molecule has 0 unspecified atom stereocenters. The molecule has 0 amide bonds. The first-order valence-corrected chi connectivity index (χ1v) is 6.53. The molecule has 0 atom stereocenters. The van der Waals surface area contributed by atoms with Crippen molar-refractivity contribution in [2.75, 3.05) is 11.4 Å². The van der Waals surface area contributed by atoms with E-state index in [1.54, 1.807) is 0 Å². The first kappa shape index (κ1) is 13.3. The van der Waals surface area contributed by atoms with Crippen LogP contribution in [0.15, 0.2) is 36.4 Å². The average molecular weight is 256 g/mol. The molecular weight excluding hydrogens is 236 g/mol. The van der Waals surface area contributed by atoms with Crippen LogP contribution in [0, 0.1) is 5.41 Å². The number of nitrogens with zero attached hydrogens (tertiary/aromatic N) is 2. The maximum atomic E-state index is 7.35. The van der Waals surface area contributed by atoms with Gasteiger partial charge < -0.3 is 10.6 Å². The SMILES string of the molecule is CC(C)N(CCC(=N)N)c1ccc2ccccc2n1. The van der Waals surface area contributed by atoms with Crippen LogP contribution in [0.25, 0.3) is 10.9 Å². The van der Waals surface area contributed by atoms with Crippen LogP contribution in [0.4, 0.5) is 5.82 Å². The fraction of sp³-hybridized carbons (Fsp3) is 0.333. The van der Waals surface area contributed by atoms with E-state index >= 15 is 0 Å². The number of anilines is 1. The van der Waals surface area contributed by atoms with Crippen molar-refractivity contribution in [2.45, 2.75) is 26.3 Å². The average Bonchev–Trinajstić information content (AvgIpc) is 2.38. The molecule has 0 spiro atoms. The lowest BCUT2D eigenvalue weighted by molar-refractivity contribution is 0.680. The van der Waals surface area contributed by atoms with E-state index < -0.39 is 0 Å². The summed E-state index contributed by atoms with van der Waals surface area (Å²) in [6, 6.07) is 12.5. The molecule has 0 aliphatic carbocycles. The third-order valence-corrected chi connectivity index (χ3v) is 3.12. The monoisotopic (exact) mass is 256 g/mol. The topological polar surface area (TPSA) is 66.0 Å². The summed E-state index contributed by atoms with van der Waals surface area (Å²) >= 11 is 0. The van der Waals surface area contributed by atoms with Gasteiger partial charge in [-0.2, -0.15) is 0 Å². The van der Waals surface area contributed by atoms with Crippen molar-refractivity contribution in [1.82, 2.24) is 4.98 Å². The number of nitrogens with one attached hydrogen (secondary N) is 1. The number of benzene rings is 1. The predicted molar refractivity (Wildman–Crippen MR) is 80.8 cm³/mol. The molecule has 19 heavy (non-hydrogen) atoms. The first-order valence-electron chi connectivity index (χ1n) is 6.53. The summed E-state index contributed by atoms with van der Waals surface area (Å²) < 4.78 is 0. The summed E-state index contributed by atoms with van der Waals surface area (Å²) in [5.41, 5.74) is 6.44. The summed E-state index contributed by atoms with van der Waals surface area (Å²) in [5.74, 6) is 1.15. The fourth-order valence-corrected chi connectivity index (χ4v) is 2.09. The van der Waals surface area contributed by atoms with Gasteiger partial charge in [0.2, 0.25) is 0 Å². The van der Waals surface area contributed by atoms with Crippen molar-refractivity contribution in [3.8, 4) is 0 Å². The lowest BCUT2D eigenvalue weighted by atomic mass is 10.2. The number of hydrogen-bond acceptors (Lipinski definition) is 3. The molecule has 0 fully saturated rings. The van der Waals surface area contributed by atoms with Crippen molar-refractivity contribution < 1.29 is 0 Å². The van der Waals surface area contributed by atoms with Gasteiger partial charge in [0.05, 0.1) is 11.4 Å². The molecule has 1 heterocycles. The van der Waals surface area contributed by atoms with E-state index in [1.807, 2.05) is 24.3 Å². The quantitative estimate of drug-likeness (QED) is 0.638. The zero-order chi connectivity index (χ0) is 13.8. The van der Waals surface area contributed by atoms with E-state index in [9.17, 15) is 0 Å². The highest BCUT2D eigenvalue weighted by atomic mass is 15.2. The lowest BCUT2D eigenvalue weighted by Gasteiger charge is -2.28. The zero-order valence-electron chi connectivity index (χ0n) is 11.4. The molecule has 0 saturated heterocycles. The van der Waals surface area contributed by atoms with Gasteiger partial charge in [0, 0.05) is 24.4 Å². The number of aromatic nitrogens is 1. The molecule has 0 bridgehead atoms. The van der Waals surface area contributed by atoms with E-state index in [2.05, 4.69) is 35.9 Å². The first-order chi connectivity index (χ1) is 9.08. The van der Waals surface area contributed by atoms with Gasteiger partial charge in [-0.3, -0.25) is 5.41 Å². The standard InChI is InChI=1S/C15H20N4/c1-11(2)19(10-9-14(16)17)15-8-7-12-5-3-4-6-13(12)18-15/h3-8,11H,9-10H2,1-2H3,(H3,16,17). The Labute approximate surface area is 113 Å². The molecule has 0 aliphatic rings. The summed E-state index contributed by atoms with van der Waals surface area (Å²) in [6.45, 7) is 4.96. The smallest absolute Gasteiger partial charge is 0.129 e. The highest BCUT2D eigenvalue weighted by Gasteiger charge is 2.12. The Morgan fingerprint density at radius 1 is 1.26 bits per heavy atom. The van der Waals surface area contributed by atoms with Gasteiger partial charge in [-0.15, -0.1) is 0 Å². The Morgan fingerprint density at radius 3 is 2.68 bits per heavy atom. The Balaban J connectivity index is 2.30. The van der Waals surface area contributed by atoms with Gasteiger partial charge in [-0.05, 0) is 32.0 Å². The number of para-hydroxylation sites is 1. The maximum absolute atomic E-state index is 7.35. The van der Waals surface area contributed by atoms with Crippen LogP contribution in [0.1, 0.15) is 20.3 Å². The molecule has 3 N–H and O–H groups in total. The van der Waals surface area contributed by atoms with Crippen LogP contribution in [-0.4, -0.2) is 23.4 Å². The van der Waals surface area contributed by atoms with Crippen LogP contribution < -0.4 is 10.6 Å². The van der Waals surface area contributed by atoms with Crippen LogP contribution in [-0.2, 0) is 0 Å². The minimum atomic E-state index is 0.214. The molecule has 4 nitrogen and oxygen atoms in total. The van der Waals surface area contributed by atoms with Gasteiger partial charge in [0.25, 0.3) is 0 Å². The largest absolute Gasteiger partial charge is 0.388 e. The number of nitrogens with two attached hydrogens (primary N) is 1. The Kier molecular flexibility index (Phi) is 4.00. The molecule has 4 heteroatoms. The Hall–Kier alpha value is -2.10. The molecule has 1 aromatic heterocycles. The fourth-order valence-electron chi connectivity index (χ4n) is 2.09. The van der Waals surface area contributed by atoms with Crippen LogP contribution >= 0.6 is 0 Å². The lowest BCUT2D eigenvalue weighted by Crippen LogP contribution is -2.34. The second-order valence-corrected chi connectivity index (χ2v) is 4.92. The second-order valence-electron chi connectivity index (χ2n) is 4.92. The molecule has 0 saturated carbocycles. The number of fused-ring (bicyclic) bond motifs is 1. The molecule has 2 aromatic rings.